The van der Waals surface area contributed by atoms with Gasteiger partial charge in [-0.3, -0.25) is 4.79 Å². The van der Waals surface area contributed by atoms with E-state index in [1.807, 2.05) is 13.8 Å². The van der Waals surface area contributed by atoms with Crippen molar-refractivity contribution in [2.45, 2.75) is 32.1 Å². The molecule has 1 saturated heterocycles. The van der Waals surface area contributed by atoms with E-state index in [9.17, 15) is 22.4 Å². The first-order chi connectivity index (χ1) is 9.70. The van der Waals surface area contributed by atoms with Gasteiger partial charge in [-0.25, -0.2) is 4.39 Å². The summed E-state index contributed by atoms with van der Waals surface area (Å²) in [5.41, 5.74) is -1.56. The predicted molar refractivity (Wildman–Crippen MR) is 69.4 cm³/mol. The summed E-state index contributed by atoms with van der Waals surface area (Å²) < 4.78 is 51.3. The lowest BCUT2D eigenvalue weighted by Crippen LogP contribution is -2.56. The molecule has 0 saturated carbocycles. The van der Waals surface area contributed by atoms with Crippen molar-refractivity contribution >= 4 is 5.91 Å². The van der Waals surface area contributed by atoms with E-state index in [4.69, 9.17) is 0 Å². The third-order valence-electron chi connectivity index (χ3n) is 3.54. The van der Waals surface area contributed by atoms with Gasteiger partial charge in [0.05, 0.1) is 5.56 Å². The van der Waals surface area contributed by atoms with E-state index in [2.05, 4.69) is 5.32 Å². The molecule has 1 aliphatic heterocycles. The minimum Gasteiger partial charge on any atom is -0.333 e. The summed E-state index contributed by atoms with van der Waals surface area (Å²) in [6.07, 6.45) is -4.82. The maximum atomic E-state index is 13.3. The third kappa shape index (κ3) is 3.34. The lowest BCUT2D eigenvalue weighted by Gasteiger charge is -2.37. The average Bonchev–Trinajstić information content (AvgIpc) is 2.40. The van der Waals surface area contributed by atoms with E-state index < -0.39 is 23.5 Å². The first-order valence-corrected chi connectivity index (χ1v) is 6.61. The number of rotatable bonds is 1. The number of nitrogens with zero attached hydrogens (tertiary/aromatic N) is 1. The standard InChI is InChI=1S/C14H16F4N2O/c1-8-7-20(9(2)6-19-8)13(21)10-3-4-12(15)11(5-10)14(16,17)18/h3-5,8-9,19H,6-7H2,1-2H3. The van der Waals surface area contributed by atoms with E-state index in [-0.39, 0.29) is 17.6 Å². The van der Waals surface area contributed by atoms with Gasteiger partial charge >= 0.3 is 6.18 Å². The summed E-state index contributed by atoms with van der Waals surface area (Å²) in [4.78, 5) is 13.9. The Hall–Kier alpha value is -1.63. The molecule has 2 rings (SSSR count). The summed E-state index contributed by atoms with van der Waals surface area (Å²) in [6.45, 7) is 4.67. The zero-order chi connectivity index (χ0) is 15.8. The zero-order valence-electron chi connectivity index (χ0n) is 11.7. The van der Waals surface area contributed by atoms with Gasteiger partial charge in [-0.2, -0.15) is 13.2 Å². The van der Waals surface area contributed by atoms with Crippen LogP contribution in [0, 0.1) is 5.82 Å². The summed E-state index contributed by atoms with van der Waals surface area (Å²) >= 11 is 0. The first kappa shape index (κ1) is 15.8. The zero-order valence-corrected chi connectivity index (χ0v) is 11.7. The minimum absolute atomic E-state index is 0.0627. The summed E-state index contributed by atoms with van der Waals surface area (Å²) in [5.74, 6) is -1.89. The molecule has 7 heteroatoms. The van der Waals surface area contributed by atoms with Crippen LogP contribution in [0.4, 0.5) is 17.6 Å². The van der Waals surface area contributed by atoms with Gasteiger partial charge in [-0.15, -0.1) is 0 Å². The molecular weight excluding hydrogens is 288 g/mol. The summed E-state index contributed by atoms with van der Waals surface area (Å²) in [5, 5.41) is 3.18. The molecule has 3 nitrogen and oxygen atoms in total. The topological polar surface area (TPSA) is 32.3 Å². The van der Waals surface area contributed by atoms with Crippen LogP contribution >= 0.6 is 0 Å². The smallest absolute Gasteiger partial charge is 0.333 e. The fraction of sp³-hybridized carbons (Fsp3) is 0.500. The molecule has 0 aromatic heterocycles. The molecule has 0 radical (unpaired) electrons. The number of piperazine rings is 1. The minimum atomic E-state index is -4.82. The predicted octanol–water partition coefficient (Wildman–Crippen LogP) is 2.67. The highest BCUT2D eigenvalue weighted by Crippen LogP contribution is 2.32. The molecule has 116 valence electrons. The summed E-state index contributed by atoms with van der Waals surface area (Å²) in [6, 6.07) is 2.29. The van der Waals surface area contributed by atoms with Crippen LogP contribution in [0.15, 0.2) is 18.2 Å². The van der Waals surface area contributed by atoms with Crippen molar-refractivity contribution in [2.75, 3.05) is 13.1 Å². The van der Waals surface area contributed by atoms with Crippen molar-refractivity contribution in [3.05, 3.63) is 35.1 Å². The molecule has 0 bridgehead atoms. The highest BCUT2D eigenvalue weighted by molar-refractivity contribution is 5.94. The number of nitrogens with one attached hydrogen (secondary N) is 1. The second-order valence-corrected chi connectivity index (χ2v) is 5.31. The van der Waals surface area contributed by atoms with Gasteiger partial charge in [-0.1, -0.05) is 0 Å². The van der Waals surface area contributed by atoms with Gasteiger partial charge < -0.3 is 10.2 Å². The van der Waals surface area contributed by atoms with Crippen LogP contribution in [-0.2, 0) is 6.18 Å². The Labute approximate surface area is 119 Å². The van der Waals surface area contributed by atoms with Crippen molar-refractivity contribution in [1.29, 1.82) is 0 Å². The number of amides is 1. The number of alkyl halides is 3. The Kier molecular flexibility index (Phi) is 4.22. The SMILES string of the molecule is CC1CN(C(=O)c2ccc(F)c(C(F)(F)F)c2)C(C)CN1. The van der Waals surface area contributed by atoms with E-state index in [1.165, 1.54) is 4.90 Å². The molecule has 1 heterocycles. The molecule has 1 aliphatic rings. The van der Waals surface area contributed by atoms with E-state index >= 15 is 0 Å². The maximum absolute atomic E-state index is 13.3. The third-order valence-corrected chi connectivity index (χ3v) is 3.54. The molecule has 21 heavy (non-hydrogen) atoms. The number of carbonyl (C=O) groups excluding carboxylic acids is 1. The molecule has 1 aromatic rings. The van der Waals surface area contributed by atoms with Crippen LogP contribution in [-0.4, -0.2) is 36.0 Å². The first-order valence-electron chi connectivity index (χ1n) is 6.61. The van der Waals surface area contributed by atoms with Gasteiger partial charge in [0, 0.05) is 30.7 Å². The van der Waals surface area contributed by atoms with Gasteiger partial charge in [0.15, 0.2) is 0 Å². The van der Waals surface area contributed by atoms with Gasteiger partial charge in [0.1, 0.15) is 5.82 Å². The van der Waals surface area contributed by atoms with Crippen molar-refractivity contribution in [2.24, 2.45) is 0 Å². The van der Waals surface area contributed by atoms with E-state index in [1.54, 1.807) is 0 Å². The van der Waals surface area contributed by atoms with E-state index in [0.717, 1.165) is 6.07 Å². The lowest BCUT2D eigenvalue weighted by atomic mass is 10.1. The van der Waals surface area contributed by atoms with E-state index in [0.29, 0.717) is 25.2 Å². The molecule has 1 fully saturated rings. The van der Waals surface area contributed by atoms with Crippen LogP contribution in [0.3, 0.4) is 0 Å². The number of hydrogen-bond donors (Lipinski definition) is 1. The summed E-state index contributed by atoms with van der Waals surface area (Å²) in [7, 11) is 0. The quantitative estimate of drug-likeness (QED) is 0.809. The fourth-order valence-electron chi connectivity index (χ4n) is 2.35. The van der Waals surface area contributed by atoms with Crippen molar-refractivity contribution < 1.29 is 22.4 Å². The largest absolute Gasteiger partial charge is 0.419 e. The number of benzene rings is 1. The van der Waals surface area contributed by atoms with Crippen molar-refractivity contribution in [3.63, 3.8) is 0 Å². The molecular formula is C14H16F4N2O. The van der Waals surface area contributed by atoms with Gasteiger partial charge in [-0.05, 0) is 32.0 Å². The number of carbonyl (C=O) groups is 1. The van der Waals surface area contributed by atoms with Crippen LogP contribution in [0.5, 0.6) is 0 Å². The Morgan fingerprint density at radius 1 is 1.33 bits per heavy atom. The molecule has 1 N–H and O–H groups in total. The monoisotopic (exact) mass is 304 g/mol. The fourth-order valence-corrected chi connectivity index (χ4v) is 2.35. The van der Waals surface area contributed by atoms with Crippen molar-refractivity contribution in [3.8, 4) is 0 Å². The highest BCUT2D eigenvalue weighted by Gasteiger charge is 2.35. The number of halogens is 4. The second-order valence-electron chi connectivity index (χ2n) is 5.31. The normalized spacial score (nSPS) is 23.2. The lowest BCUT2D eigenvalue weighted by molar-refractivity contribution is -0.140. The molecule has 1 aromatic carbocycles. The Morgan fingerprint density at radius 3 is 2.62 bits per heavy atom. The van der Waals surface area contributed by atoms with Gasteiger partial charge in [0.2, 0.25) is 0 Å². The van der Waals surface area contributed by atoms with Crippen LogP contribution in [0.25, 0.3) is 0 Å². The van der Waals surface area contributed by atoms with Crippen molar-refractivity contribution in [1.82, 2.24) is 10.2 Å². The maximum Gasteiger partial charge on any atom is 0.419 e. The van der Waals surface area contributed by atoms with Crippen LogP contribution in [0.1, 0.15) is 29.8 Å². The van der Waals surface area contributed by atoms with Crippen LogP contribution < -0.4 is 5.32 Å². The number of hydrogen-bond acceptors (Lipinski definition) is 2. The molecule has 0 aliphatic carbocycles. The Balaban J connectivity index is 2.31. The van der Waals surface area contributed by atoms with Crippen LogP contribution in [0.2, 0.25) is 0 Å². The Morgan fingerprint density at radius 2 is 2.00 bits per heavy atom. The molecule has 2 unspecified atom stereocenters. The molecule has 1 amide bonds. The molecule has 2 atom stereocenters. The highest BCUT2D eigenvalue weighted by atomic mass is 19.4. The molecule has 0 spiro atoms. The Bertz CT molecular complexity index is 544. The second kappa shape index (κ2) is 5.63. The van der Waals surface area contributed by atoms with Gasteiger partial charge in [0.25, 0.3) is 5.91 Å². The average molecular weight is 304 g/mol.